The third-order valence-electron chi connectivity index (χ3n) is 2.77. The highest BCUT2D eigenvalue weighted by Gasteiger charge is 1.96. The largest absolute Gasteiger partial charge is 0.490 e. The van der Waals surface area contributed by atoms with Gasteiger partial charge in [0.1, 0.15) is 12.4 Å². The first kappa shape index (κ1) is 14.4. The molecule has 0 aliphatic carbocycles. The molecule has 0 heterocycles. The lowest BCUT2D eigenvalue weighted by molar-refractivity contribution is 0.363. The van der Waals surface area contributed by atoms with E-state index < -0.39 is 0 Å². The van der Waals surface area contributed by atoms with Gasteiger partial charge in [0.05, 0.1) is 5.69 Å². The van der Waals surface area contributed by atoms with E-state index >= 15 is 0 Å². The molecule has 3 heteroatoms. The van der Waals surface area contributed by atoms with Crippen LogP contribution in [0, 0.1) is 6.92 Å². The molecule has 2 nitrogen and oxygen atoms in total. The van der Waals surface area contributed by atoms with Gasteiger partial charge >= 0.3 is 0 Å². The molecule has 0 saturated heterocycles. The zero-order valence-electron chi connectivity index (χ0n) is 11.3. The van der Waals surface area contributed by atoms with Crippen LogP contribution >= 0.6 is 11.6 Å². The molecule has 2 rings (SSSR count). The lowest BCUT2D eigenvalue weighted by Crippen LogP contribution is -1.92. The Kier molecular flexibility index (Phi) is 4.97. The van der Waals surface area contributed by atoms with Gasteiger partial charge in [0, 0.05) is 11.2 Å². The van der Waals surface area contributed by atoms with Gasteiger partial charge in [-0.05, 0) is 54.4 Å². The molecule has 0 atom stereocenters. The third-order valence-corrected chi connectivity index (χ3v) is 3.17. The van der Waals surface area contributed by atoms with E-state index in [1.54, 1.807) is 12.3 Å². The van der Waals surface area contributed by atoms with Crippen molar-refractivity contribution in [3.05, 3.63) is 71.3 Å². The first-order chi connectivity index (χ1) is 9.69. The van der Waals surface area contributed by atoms with E-state index in [9.17, 15) is 0 Å². The van der Waals surface area contributed by atoms with Gasteiger partial charge < -0.3 is 4.74 Å². The van der Waals surface area contributed by atoms with Crippen LogP contribution in [-0.2, 0) is 0 Å². The molecule has 2 aromatic rings. The molecule has 20 heavy (non-hydrogen) atoms. The van der Waals surface area contributed by atoms with Crippen LogP contribution in [0.2, 0.25) is 5.02 Å². The maximum absolute atomic E-state index is 6.07. The van der Waals surface area contributed by atoms with E-state index in [0.29, 0.717) is 6.61 Å². The van der Waals surface area contributed by atoms with Crippen molar-refractivity contribution >= 4 is 23.5 Å². The first-order valence-electron chi connectivity index (χ1n) is 6.33. The number of aryl methyl sites for hydroxylation is 1. The number of hydrogen-bond acceptors (Lipinski definition) is 2. The molecular weight excluding hydrogens is 270 g/mol. The molecule has 0 saturated carbocycles. The summed E-state index contributed by atoms with van der Waals surface area (Å²) in [5.41, 5.74) is 2.90. The predicted octanol–water partition coefficient (Wildman–Crippen LogP) is 4.96. The number of aliphatic imine (C=N–C) groups is 1. The van der Waals surface area contributed by atoms with Crippen LogP contribution in [0.1, 0.15) is 11.1 Å². The summed E-state index contributed by atoms with van der Waals surface area (Å²) < 4.78 is 5.42. The highest BCUT2D eigenvalue weighted by Crippen LogP contribution is 2.22. The molecule has 0 spiro atoms. The lowest BCUT2D eigenvalue weighted by Gasteiger charge is -2.02. The number of hydrogen-bond donors (Lipinski definition) is 0. The minimum Gasteiger partial charge on any atom is -0.490 e. The van der Waals surface area contributed by atoms with Crippen LogP contribution in [0.25, 0.3) is 0 Å². The minimum atomic E-state index is 0.509. The van der Waals surface area contributed by atoms with Gasteiger partial charge in [0.15, 0.2) is 0 Å². The fourth-order valence-electron chi connectivity index (χ4n) is 1.62. The van der Waals surface area contributed by atoms with Crippen LogP contribution in [-0.4, -0.2) is 12.8 Å². The molecular formula is C17H16ClNO. The second-order valence-electron chi connectivity index (χ2n) is 4.36. The van der Waals surface area contributed by atoms with Crippen molar-refractivity contribution in [1.82, 2.24) is 0 Å². The quantitative estimate of drug-likeness (QED) is 0.562. The minimum absolute atomic E-state index is 0.509. The Hall–Kier alpha value is -2.06. The standard InChI is InChI=1S/C17H16ClNO/c1-3-10-20-16-8-5-14(6-9-16)12-19-15-7-4-13(2)17(18)11-15/h3-9,11-12H,1,10H2,2H3. The molecule has 0 N–H and O–H groups in total. The summed E-state index contributed by atoms with van der Waals surface area (Å²) in [6.07, 6.45) is 3.52. The van der Waals surface area contributed by atoms with Crippen LogP contribution in [0.4, 0.5) is 5.69 Å². The van der Waals surface area contributed by atoms with Crippen LogP contribution in [0.5, 0.6) is 5.75 Å². The number of benzene rings is 2. The van der Waals surface area contributed by atoms with Gasteiger partial charge in [-0.1, -0.05) is 30.3 Å². The van der Waals surface area contributed by atoms with Gasteiger partial charge in [-0.2, -0.15) is 0 Å². The summed E-state index contributed by atoms with van der Waals surface area (Å²) in [5.74, 6) is 0.820. The van der Waals surface area contributed by atoms with E-state index in [1.165, 1.54) is 0 Å². The normalized spacial score (nSPS) is 10.7. The Bertz CT molecular complexity index is 617. The maximum Gasteiger partial charge on any atom is 0.119 e. The molecule has 0 aromatic heterocycles. The Morgan fingerprint density at radius 3 is 2.60 bits per heavy atom. The molecule has 0 aliphatic heterocycles. The van der Waals surface area contributed by atoms with Gasteiger partial charge in [-0.3, -0.25) is 4.99 Å². The van der Waals surface area contributed by atoms with Crippen LogP contribution in [0.3, 0.4) is 0 Å². The molecule has 0 amide bonds. The third kappa shape index (κ3) is 3.97. The SMILES string of the molecule is C=CCOc1ccc(C=Nc2ccc(C)c(Cl)c2)cc1. The summed E-state index contributed by atoms with van der Waals surface area (Å²) >= 11 is 6.07. The van der Waals surface area contributed by atoms with Gasteiger partial charge in [-0.25, -0.2) is 0 Å². The lowest BCUT2D eigenvalue weighted by atomic mass is 10.2. The fourth-order valence-corrected chi connectivity index (χ4v) is 1.79. The second kappa shape index (κ2) is 6.92. The molecule has 102 valence electrons. The summed E-state index contributed by atoms with van der Waals surface area (Å²) in [5, 5.41) is 0.729. The van der Waals surface area contributed by atoms with Crippen molar-refractivity contribution in [2.24, 2.45) is 4.99 Å². The average molecular weight is 286 g/mol. The zero-order valence-corrected chi connectivity index (χ0v) is 12.1. The van der Waals surface area contributed by atoms with Crippen molar-refractivity contribution in [3.8, 4) is 5.75 Å². The Balaban J connectivity index is 2.06. The van der Waals surface area contributed by atoms with Crippen molar-refractivity contribution in [2.45, 2.75) is 6.92 Å². The Morgan fingerprint density at radius 1 is 1.20 bits per heavy atom. The fraction of sp³-hybridized carbons (Fsp3) is 0.118. The smallest absolute Gasteiger partial charge is 0.119 e. The van der Waals surface area contributed by atoms with E-state index in [1.807, 2.05) is 49.4 Å². The van der Waals surface area contributed by atoms with E-state index in [2.05, 4.69) is 11.6 Å². The van der Waals surface area contributed by atoms with E-state index in [4.69, 9.17) is 16.3 Å². The van der Waals surface area contributed by atoms with Gasteiger partial charge in [-0.15, -0.1) is 0 Å². The number of halogens is 1. The van der Waals surface area contributed by atoms with Crippen molar-refractivity contribution in [3.63, 3.8) is 0 Å². The molecule has 0 radical (unpaired) electrons. The number of nitrogens with zero attached hydrogens (tertiary/aromatic N) is 1. The number of ether oxygens (including phenoxy) is 1. The molecule has 0 aliphatic rings. The topological polar surface area (TPSA) is 21.6 Å². The molecule has 0 fully saturated rings. The maximum atomic E-state index is 6.07. The van der Waals surface area contributed by atoms with Gasteiger partial charge in [0.2, 0.25) is 0 Å². The molecule has 0 unspecified atom stereocenters. The van der Waals surface area contributed by atoms with Gasteiger partial charge in [0.25, 0.3) is 0 Å². The van der Waals surface area contributed by atoms with Crippen molar-refractivity contribution in [2.75, 3.05) is 6.61 Å². The molecule has 2 aromatic carbocycles. The summed E-state index contributed by atoms with van der Waals surface area (Å²) in [6.45, 7) is 6.09. The van der Waals surface area contributed by atoms with E-state index in [0.717, 1.165) is 27.6 Å². The highest BCUT2D eigenvalue weighted by atomic mass is 35.5. The second-order valence-corrected chi connectivity index (χ2v) is 4.77. The van der Waals surface area contributed by atoms with Crippen molar-refractivity contribution < 1.29 is 4.74 Å². The Labute approximate surface area is 124 Å². The highest BCUT2D eigenvalue weighted by molar-refractivity contribution is 6.31. The summed E-state index contributed by atoms with van der Waals surface area (Å²) in [6, 6.07) is 13.5. The average Bonchev–Trinajstić information content (AvgIpc) is 2.47. The number of rotatable bonds is 5. The first-order valence-corrected chi connectivity index (χ1v) is 6.71. The van der Waals surface area contributed by atoms with Crippen molar-refractivity contribution in [1.29, 1.82) is 0 Å². The zero-order chi connectivity index (χ0) is 14.4. The molecule has 0 bridgehead atoms. The Morgan fingerprint density at radius 2 is 1.95 bits per heavy atom. The summed E-state index contributed by atoms with van der Waals surface area (Å²) in [7, 11) is 0. The van der Waals surface area contributed by atoms with E-state index in [-0.39, 0.29) is 0 Å². The van der Waals surface area contributed by atoms with Crippen LogP contribution < -0.4 is 4.74 Å². The summed E-state index contributed by atoms with van der Waals surface area (Å²) in [4.78, 5) is 4.40. The predicted molar refractivity (Wildman–Crippen MR) is 85.6 cm³/mol. The van der Waals surface area contributed by atoms with Crippen LogP contribution in [0.15, 0.2) is 60.1 Å². The monoisotopic (exact) mass is 285 g/mol.